The largest absolute Gasteiger partial charge is 0.394 e. The second-order valence-corrected chi connectivity index (χ2v) is 5.86. The molecule has 1 saturated heterocycles. The zero-order valence-electron chi connectivity index (χ0n) is 13.9. The van der Waals surface area contributed by atoms with Crippen molar-refractivity contribution in [3.8, 4) is 0 Å². The number of nitrogens with zero attached hydrogens (tertiary/aromatic N) is 2. The number of aliphatic hydroxyl groups excluding tert-OH is 1. The number of hydrogen-bond donors (Lipinski definition) is 1. The van der Waals surface area contributed by atoms with Gasteiger partial charge in [-0.15, -0.1) is 0 Å². The first kappa shape index (κ1) is 16.7. The number of benzene rings is 1. The molecule has 2 aromatic rings. The van der Waals surface area contributed by atoms with Crippen molar-refractivity contribution in [2.75, 3.05) is 19.8 Å². The van der Waals surface area contributed by atoms with Gasteiger partial charge < -0.3 is 19.3 Å². The molecule has 0 unspecified atom stereocenters. The minimum absolute atomic E-state index is 0.124. The Kier molecular flexibility index (Phi) is 4.97. The number of aryl methyl sites for hydroxylation is 2. The first-order chi connectivity index (χ1) is 11.7. The highest BCUT2D eigenvalue weighted by molar-refractivity contribution is 5.96. The number of rotatable bonds is 4. The highest BCUT2D eigenvalue weighted by atomic mass is 16.5. The van der Waals surface area contributed by atoms with E-state index in [0.29, 0.717) is 36.6 Å². The van der Waals surface area contributed by atoms with E-state index in [0.717, 1.165) is 5.56 Å². The Morgan fingerprint density at radius 1 is 1.38 bits per heavy atom. The van der Waals surface area contributed by atoms with Crippen LogP contribution in [0.15, 0.2) is 34.9 Å². The van der Waals surface area contributed by atoms with Gasteiger partial charge in [0.25, 0.3) is 5.91 Å². The summed E-state index contributed by atoms with van der Waals surface area (Å²) >= 11 is 0. The first-order valence-electron chi connectivity index (χ1n) is 8.20. The van der Waals surface area contributed by atoms with Crippen LogP contribution >= 0.6 is 0 Å². The normalized spacial score (nSPS) is 21.0. The molecule has 2 heterocycles. The van der Waals surface area contributed by atoms with Gasteiger partial charge in [0, 0.05) is 6.54 Å². The minimum atomic E-state index is -0.449. The van der Waals surface area contributed by atoms with E-state index < -0.39 is 6.10 Å². The molecule has 6 heteroatoms. The summed E-state index contributed by atoms with van der Waals surface area (Å²) in [7, 11) is 0. The maximum absolute atomic E-state index is 13.2. The molecule has 6 nitrogen and oxygen atoms in total. The Bertz CT molecular complexity index is 698. The predicted octanol–water partition coefficient (Wildman–Crippen LogP) is 2.12. The fourth-order valence-electron chi connectivity index (χ4n) is 3.24. The number of aromatic nitrogens is 1. The number of carbonyl (C=O) groups is 1. The molecule has 0 spiro atoms. The zero-order chi connectivity index (χ0) is 17.1. The van der Waals surface area contributed by atoms with Gasteiger partial charge >= 0.3 is 0 Å². The van der Waals surface area contributed by atoms with E-state index in [9.17, 15) is 9.90 Å². The van der Waals surface area contributed by atoms with Crippen LogP contribution < -0.4 is 0 Å². The van der Waals surface area contributed by atoms with Crippen molar-refractivity contribution in [3.05, 3.63) is 52.9 Å². The summed E-state index contributed by atoms with van der Waals surface area (Å²) < 4.78 is 10.9. The topological polar surface area (TPSA) is 75.8 Å². The summed E-state index contributed by atoms with van der Waals surface area (Å²) in [4.78, 5) is 15.0. The Morgan fingerprint density at radius 2 is 2.12 bits per heavy atom. The standard InChI is InChI=1S/C18H22N2O4/c1-3-14-16(12(2)24-19-14)18(22)20-9-10-23-15(11-21)17(20)13-7-5-4-6-8-13/h4-8,15,17,21H,3,9-11H2,1-2H3/t15-,17-/m1/s1. The molecule has 2 atom stereocenters. The van der Waals surface area contributed by atoms with E-state index in [1.54, 1.807) is 11.8 Å². The third-order valence-electron chi connectivity index (χ3n) is 4.42. The number of amides is 1. The van der Waals surface area contributed by atoms with Gasteiger partial charge in [0.05, 0.1) is 24.9 Å². The predicted molar refractivity (Wildman–Crippen MR) is 87.7 cm³/mol. The third-order valence-corrected chi connectivity index (χ3v) is 4.42. The SMILES string of the molecule is CCc1noc(C)c1C(=O)N1CCO[C@H](CO)[C@H]1c1ccccc1. The fraction of sp³-hybridized carbons (Fsp3) is 0.444. The van der Waals surface area contributed by atoms with Crippen LogP contribution in [0, 0.1) is 6.92 Å². The van der Waals surface area contributed by atoms with E-state index in [-0.39, 0.29) is 18.6 Å². The molecule has 1 fully saturated rings. The fourth-order valence-corrected chi connectivity index (χ4v) is 3.24. The summed E-state index contributed by atoms with van der Waals surface area (Å²) in [6, 6.07) is 9.32. The molecule has 1 N–H and O–H groups in total. The first-order valence-corrected chi connectivity index (χ1v) is 8.20. The van der Waals surface area contributed by atoms with Crippen LogP contribution in [0.4, 0.5) is 0 Å². The molecular weight excluding hydrogens is 308 g/mol. The van der Waals surface area contributed by atoms with Crippen molar-refractivity contribution in [2.24, 2.45) is 0 Å². The van der Waals surface area contributed by atoms with Gasteiger partial charge in [-0.3, -0.25) is 4.79 Å². The summed E-state index contributed by atoms with van der Waals surface area (Å²) in [5.74, 6) is 0.400. The number of hydrogen-bond acceptors (Lipinski definition) is 5. The van der Waals surface area contributed by atoms with Crippen molar-refractivity contribution in [3.63, 3.8) is 0 Å². The molecule has 3 rings (SSSR count). The lowest BCUT2D eigenvalue weighted by molar-refractivity contribution is -0.0811. The molecule has 1 aromatic carbocycles. The minimum Gasteiger partial charge on any atom is -0.394 e. The number of aliphatic hydroxyl groups is 1. The molecule has 0 aliphatic carbocycles. The van der Waals surface area contributed by atoms with Crippen LogP contribution in [0.3, 0.4) is 0 Å². The van der Waals surface area contributed by atoms with Gasteiger partial charge in [0.15, 0.2) is 0 Å². The van der Waals surface area contributed by atoms with E-state index in [1.165, 1.54) is 0 Å². The molecule has 1 amide bonds. The number of morpholine rings is 1. The van der Waals surface area contributed by atoms with Gasteiger partial charge in [-0.05, 0) is 18.9 Å². The van der Waals surface area contributed by atoms with Crippen LogP contribution in [0.2, 0.25) is 0 Å². The van der Waals surface area contributed by atoms with Gasteiger partial charge in [-0.2, -0.15) is 0 Å². The lowest BCUT2D eigenvalue weighted by Gasteiger charge is -2.40. The maximum atomic E-state index is 13.2. The van der Waals surface area contributed by atoms with E-state index in [2.05, 4.69) is 5.16 Å². The van der Waals surface area contributed by atoms with Crippen LogP contribution in [-0.4, -0.2) is 46.9 Å². The zero-order valence-corrected chi connectivity index (χ0v) is 13.9. The van der Waals surface area contributed by atoms with Crippen molar-refractivity contribution in [1.82, 2.24) is 10.1 Å². The van der Waals surface area contributed by atoms with Crippen molar-refractivity contribution in [1.29, 1.82) is 0 Å². The second-order valence-electron chi connectivity index (χ2n) is 5.86. The monoisotopic (exact) mass is 330 g/mol. The van der Waals surface area contributed by atoms with Crippen LogP contribution in [0.25, 0.3) is 0 Å². The number of carbonyl (C=O) groups excluding carboxylic acids is 1. The van der Waals surface area contributed by atoms with Crippen LogP contribution in [0.1, 0.15) is 40.3 Å². The smallest absolute Gasteiger partial charge is 0.260 e. The highest BCUT2D eigenvalue weighted by Gasteiger charge is 2.38. The summed E-state index contributed by atoms with van der Waals surface area (Å²) in [5, 5.41) is 13.7. The number of ether oxygens (including phenoxy) is 1. The molecule has 1 aliphatic rings. The van der Waals surface area contributed by atoms with E-state index in [1.807, 2.05) is 37.3 Å². The van der Waals surface area contributed by atoms with Crippen LogP contribution in [0.5, 0.6) is 0 Å². The Hall–Kier alpha value is -2.18. The Morgan fingerprint density at radius 3 is 2.79 bits per heavy atom. The summed E-state index contributed by atoms with van der Waals surface area (Å²) in [6.45, 7) is 4.40. The average molecular weight is 330 g/mol. The van der Waals surface area contributed by atoms with Crippen molar-refractivity contribution >= 4 is 5.91 Å². The van der Waals surface area contributed by atoms with Gasteiger partial charge in [-0.25, -0.2) is 0 Å². The van der Waals surface area contributed by atoms with Crippen molar-refractivity contribution in [2.45, 2.75) is 32.4 Å². The van der Waals surface area contributed by atoms with Gasteiger partial charge in [0.1, 0.15) is 17.4 Å². The molecule has 128 valence electrons. The van der Waals surface area contributed by atoms with Crippen molar-refractivity contribution < 1.29 is 19.2 Å². The molecule has 0 saturated carbocycles. The Labute approximate surface area is 141 Å². The highest BCUT2D eigenvalue weighted by Crippen LogP contribution is 2.32. The van der Waals surface area contributed by atoms with Gasteiger partial charge in [-0.1, -0.05) is 42.4 Å². The molecule has 24 heavy (non-hydrogen) atoms. The summed E-state index contributed by atoms with van der Waals surface area (Å²) in [6.07, 6.45) is 0.178. The third kappa shape index (κ3) is 2.95. The van der Waals surface area contributed by atoms with E-state index in [4.69, 9.17) is 9.26 Å². The molecule has 0 bridgehead atoms. The van der Waals surface area contributed by atoms with Crippen LogP contribution in [-0.2, 0) is 11.2 Å². The quantitative estimate of drug-likeness (QED) is 0.929. The molecule has 1 aliphatic heterocycles. The molecule has 0 radical (unpaired) electrons. The summed E-state index contributed by atoms with van der Waals surface area (Å²) in [5.41, 5.74) is 2.13. The maximum Gasteiger partial charge on any atom is 0.260 e. The molecule has 1 aromatic heterocycles. The Balaban J connectivity index is 2.00. The van der Waals surface area contributed by atoms with Gasteiger partial charge in [0.2, 0.25) is 0 Å². The lowest BCUT2D eigenvalue weighted by Crippen LogP contribution is -2.49. The molecular formula is C18H22N2O4. The lowest BCUT2D eigenvalue weighted by atomic mass is 9.97. The van der Waals surface area contributed by atoms with E-state index >= 15 is 0 Å². The average Bonchev–Trinajstić information content (AvgIpc) is 3.01. The second kappa shape index (κ2) is 7.15.